The van der Waals surface area contributed by atoms with Crippen molar-refractivity contribution >= 4 is 11.6 Å². The van der Waals surface area contributed by atoms with Crippen molar-refractivity contribution < 1.29 is 4.79 Å². The highest BCUT2D eigenvalue weighted by atomic mass is 16.2. The highest BCUT2D eigenvalue weighted by molar-refractivity contribution is 6.07. The third-order valence-corrected chi connectivity index (χ3v) is 3.51. The van der Waals surface area contributed by atoms with Gasteiger partial charge in [0.1, 0.15) is 0 Å². The van der Waals surface area contributed by atoms with E-state index < -0.39 is 0 Å². The van der Waals surface area contributed by atoms with Gasteiger partial charge >= 0.3 is 0 Å². The Labute approximate surface area is 126 Å². The van der Waals surface area contributed by atoms with Crippen molar-refractivity contribution in [3.63, 3.8) is 0 Å². The summed E-state index contributed by atoms with van der Waals surface area (Å²) in [4.78, 5) is 14.7. The van der Waals surface area contributed by atoms with E-state index in [2.05, 4.69) is 0 Å². The Morgan fingerprint density at radius 1 is 1.10 bits per heavy atom. The molecule has 0 fully saturated rings. The van der Waals surface area contributed by atoms with Crippen molar-refractivity contribution in [2.24, 2.45) is 5.73 Å². The molecule has 21 heavy (non-hydrogen) atoms. The molecular formula is C18H22N2O. The Bertz CT molecular complexity index is 608. The standard InChI is InChI=1S/C18H22N2O/c1-14-9-10-17(15(2)13-14)18(21)20(12-6-11-19)16-7-4-3-5-8-16/h3-5,7-10,13H,6,11-12,19H2,1-2H3. The number of nitrogens with zero attached hydrogens (tertiary/aromatic N) is 1. The first-order valence-electron chi connectivity index (χ1n) is 7.27. The molecule has 0 spiro atoms. The third-order valence-electron chi connectivity index (χ3n) is 3.51. The fourth-order valence-electron chi connectivity index (χ4n) is 2.40. The first-order valence-corrected chi connectivity index (χ1v) is 7.27. The van der Waals surface area contributed by atoms with Crippen LogP contribution in [0.4, 0.5) is 5.69 Å². The number of amides is 1. The molecule has 0 bridgehead atoms. The molecule has 0 aromatic heterocycles. The quantitative estimate of drug-likeness (QED) is 0.914. The lowest BCUT2D eigenvalue weighted by Crippen LogP contribution is -2.33. The fraction of sp³-hybridized carbons (Fsp3) is 0.278. The van der Waals surface area contributed by atoms with Gasteiger partial charge in [0.05, 0.1) is 0 Å². The average Bonchev–Trinajstić information content (AvgIpc) is 2.48. The van der Waals surface area contributed by atoms with Gasteiger partial charge in [0, 0.05) is 17.8 Å². The second-order valence-corrected chi connectivity index (χ2v) is 5.25. The number of aryl methyl sites for hydroxylation is 2. The number of carbonyl (C=O) groups excluding carboxylic acids is 1. The predicted octanol–water partition coefficient (Wildman–Crippen LogP) is 3.30. The van der Waals surface area contributed by atoms with Crippen LogP contribution in [0.5, 0.6) is 0 Å². The van der Waals surface area contributed by atoms with E-state index in [1.54, 1.807) is 0 Å². The summed E-state index contributed by atoms with van der Waals surface area (Å²) < 4.78 is 0. The number of benzene rings is 2. The maximum atomic E-state index is 12.9. The molecule has 0 aliphatic heterocycles. The summed E-state index contributed by atoms with van der Waals surface area (Å²) in [6.07, 6.45) is 0.783. The van der Waals surface area contributed by atoms with Crippen molar-refractivity contribution in [3.8, 4) is 0 Å². The first-order chi connectivity index (χ1) is 10.1. The second-order valence-electron chi connectivity index (χ2n) is 5.25. The van der Waals surface area contributed by atoms with E-state index in [4.69, 9.17) is 5.73 Å². The summed E-state index contributed by atoms with van der Waals surface area (Å²) >= 11 is 0. The molecule has 0 aliphatic rings. The Balaban J connectivity index is 2.34. The molecule has 3 nitrogen and oxygen atoms in total. The van der Waals surface area contributed by atoms with Gasteiger partial charge in [0.2, 0.25) is 0 Å². The number of nitrogens with two attached hydrogens (primary N) is 1. The van der Waals surface area contributed by atoms with Gasteiger partial charge in [-0.3, -0.25) is 4.79 Å². The van der Waals surface area contributed by atoms with Gasteiger partial charge < -0.3 is 10.6 Å². The zero-order valence-corrected chi connectivity index (χ0v) is 12.7. The van der Waals surface area contributed by atoms with E-state index in [1.807, 2.05) is 67.3 Å². The molecule has 0 heterocycles. The molecule has 2 N–H and O–H groups in total. The number of para-hydroxylation sites is 1. The smallest absolute Gasteiger partial charge is 0.258 e. The van der Waals surface area contributed by atoms with E-state index in [0.717, 1.165) is 28.8 Å². The summed E-state index contributed by atoms with van der Waals surface area (Å²) in [5.41, 5.74) is 9.44. The lowest BCUT2D eigenvalue weighted by Gasteiger charge is -2.23. The van der Waals surface area contributed by atoms with Crippen LogP contribution in [0.3, 0.4) is 0 Å². The van der Waals surface area contributed by atoms with Gasteiger partial charge in [-0.1, -0.05) is 35.9 Å². The molecule has 0 radical (unpaired) electrons. The topological polar surface area (TPSA) is 46.3 Å². The predicted molar refractivity (Wildman–Crippen MR) is 87.7 cm³/mol. The molecule has 2 aromatic rings. The van der Waals surface area contributed by atoms with E-state index in [-0.39, 0.29) is 5.91 Å². The van der Waals surface area contributed by atoms with Crippen molar-refractivity contribution in [1.29, 1.82) is 0 Å². The molecule has 0 saturated carbocycles. The summed E-state index contributed by atoms with van der Waals surface area (Å²) in [7, 11) is 0. The van der Waals surface area contributed by atoms with Gasteiger partial charge in [0.25, 0.3) is 5.91 Å². The monoisotopic (exact) mass is 282 g/mol. The van der Waals surface area contributed by atoms with Crippen molar-refractivity contribution in [1.82, 2.24) is 0 Å². The number of carbonyl (C=O) groups is 1. The van der Waals surface area contributed by atoms with E-state index in [0.29, 0.717) is 13.1 Å². The van der Waals surface area contributed by atoms with E-state index in [1.165, 1.54) is 0 Å². The SMILES string of the molecule is Cc1ccc(C(=O)N(CCCN)c2ccccc2)c(C)c1. The summed E-state index contributed by atoms with van der Waals surface area (Å²) in [6, 6.07) is 15.7. The molecule has 0 atom stereocenters. The normalized spacial score (nSPS) is 10.4. The van der Waals surface area contributed by atoms with Crippen LogP contribution in [0.15, 0.2) is 48.5 Å². The van der Waals surface area contributed by atoms with Gasteiger partial charge in [-0.25, -0.2) is 0 Å². The number of hydrogen-bond acceptors (Lipinski definition) is 2. The zero-order chi connectivity index (χ0) is 15.2. The number of hydrogen-bond donors (Lipinski definition) is 1. The van der Waals surface area contributed by atoms with Crippen LogP contribution >= 0.6 is 0 Å². The Kier molecular flexibility index (Phi) is 5.12. The highest BCUT2D eigenvalue weighted by Crippen LogP contribution is 2.19. The molecule has 1 amide bonds. The number of rotatable bonds is 5. The molecule has 110 valence electrons. The van der Waals surface area contributed by atoms with E-state index >= 15 is 0 Å². The second kappa shape index (κ2) is 7.04. The largest absolute Gasteiger partial charge is 0.330 e. The molecule has 3 heteroatoms. The van der Waals surface area contributed by atoms with Crippen LogP contribution in [0.2, 0.25) is 0 Å². The van der Waals surface area contributed by atoms with E-state index in [9.17, 15) is 4.79 Å². The average molecular weight is 282 g/mol. The minimum absolute atomic E-state index is 0.0344. The Morgan fingerprint density at radius 3 is 2.43 bits per heavy atom. The molecule has 0 saturated heterocycles. The third kappa shape index (κ3) is 3.70. The van der Waals surface area contributed by atoms with Gasteiger partial charge in [0.15, 0.2) is 0 Å². The molecule has 0 unspecified atom stereocenters. The lowest BCUT2D eigenvalue weighted by molar-refractivity contribution is 0.0986. The van der Waals surface area contributed by atoms with Crippen molar-refractivity contribution in [2.45, 2.75) is 20.3 Å². The maximum absolute atomic E-state index is 12.9. The molecular weight excluding hydrogens is 260 g/mol. The summed E-state index contributed by atoms with van der Waals surface area (Å²) in [5, 5.41) is 0. The minimum Gasteiger partial charge on any atom is -0.330 e. The number of anilines is 1. The van der Waals surface area contributed by atoms with Crippen molar-refractivity contribution in [2.75, 3.05) is 18.0 Å². The van der Waals surface area contributed by atoms with Gasteiger partial charge in [-0.05, 0) is 50.6 Å². The first kappa shape index (κ1) is 15.3. The maximum Gasteiger partial charge on any atom is 0.258 e. The van der Waals surface area contributed by atoms with Crippen LogP contribution in [-0.2, 0) is 0 Å². The Hall–Kier alpha value is -2.13. The van der Waals surface area contributed by atoms with Crippen LogP contribution in [0.1, 0.15) is 27.9 Å². The zero-order valence-electron chi connectivity index (χ0n) is 12.7. The highest BCUT2D eigenvalue weighted by Gasteiger charge is 2.18. The lowest BCUT2D eigenvalue weighted by atomic mass is 10.0. The van der Waals surface area contributed by atoms with Crippen LogP contribution in [-0.4, -0.2) is 19.0 Å². The fourth-order valence-corrected chi connectivity index (χ4v) is 2.40. The molecule has 0 aliphatic carbocycles. The van der Waals surface area contributed by atoms with Crippen LogP contribution in [0.25, 0.3) is 0 Å². The summed E-state index contributed by atoms with van der Waals surface area (Å²) in [6.45, 7) is 5.22. The Morgan fingerprint density at radius 2 is 1.81 bits per heavy atom. The summed E-state index contributed by atoms with van der Waals surface area (Å²) in [5.74, 6) is 0.0344. The molecule has 2 rings (SSSR count). The van der Waals surface area contributed by atoms with Crippen molar-refractivity contribution in [3.05, 3.63) is 65.2 Å². The van der Waals surface area contributed by atoms with Crippen LogP contribution < -0.4 is 10.6 Å². The van der Waals surface area contributed by atoms with Gasteiger partial charge in [-0.15, -0.1) is 0 Å². The van der Waals surface area contributed by atoms with Crippen LogP contribution in [0, 0.1) is 13.8 Å². The van der Waals surface area contributed by atoms with Gasteiger partial charge in [-0.2, -0.15) is 0 Å². The minimum atomic E-state index is 0.0344. The molecule has 2 aromatic carbocycles.